The number of nitrogens with zero attached hydrogens (tertiary/aromatic N) is 4. The summed E-state index contributed by atoms with van der Waals surface area (Å²) in [5, 5.41) is 11.4. The van der Waals surface area contributed by atoms with Gasteiger partial charge in [-0.25, -0.2) is 4.68 Å². The summed E-state index contributed by atoms with van der Waals surface area (Å²) in [6.45, 7) is 2.37. The van der Waals surface area contributed by atoms with Crippen molar-refractivity contribution >= 4 is 0 Å². The van der Waals surface area contributed by atoms with Gasteiger partial charge in [0.1, 0.15) is 18.1 Å². The molecule has 0 aromatic carbocycles. The molecule has 0 aliphatic carbocycles. The number of rotatable bonds is 4. The van der Waals surface area contributed by atoms with E-state index in [2.05, 4.69) is 20.6 Å². The van der Waals surface area contributed by atoms with Crippen LogP contribution in [0.4, 0.5) is 0 Å². The third kappa shape index (κ3) is 2.26. The van der Waals surface area contributed by atoms with Gasteiger partial charge in [-0.05, 0) is 12.1 Å². The van der Waals surface area contributed by atoms with Crippen LogP contribution >= 0.6 is 0 Å². The van der Waals surface area contributed by atoms with Gasteiger partial charge in [0.05, 0.1) is 12.2 Å². The molecule has 2 aromatic rings. The quantitative estimate of drug-likeness (QED) is 0.825. The first-order valence-corrected chi connectivity index (χ1v) is 5.56. The normalized spacial score (nSPS) is 15.5. The molecule has 1 aliphatic heterocycles. The van der Waals surface area contributed by atoms with Crippen molar-refractivity contribution in [2.24, 2.45) is 0 Å². The molecule has 0 bridgehead atoms. The topological polar surface area (TPSA) is 64.9 Å². The average molecular weight is 231 g/mol. The SMILES string of the molecule is c1cc(OCc2cn(C3CNC3)nn2)ccn1. The summed E-state index contributed by atoms with van der Waals surface area (Å²) in [5.74, 6) is 0.792. The van der Waals surface area contributed by atoms with E-state index in [4.69, 9.17) is 4.74 Å². The Morgan fingerprint density at radius 3 is 2.88 bits per heavy atom. The third-order valence-corrected chi connectivity index (χ3v) is 2.73. The summed E-state index contributed by atoms with van der Waals surface area (Å²) in [5.41, 5.74) is 0.841. The van der Waals surface area contributed by atoms with Gasteiger partial charge in [0.15, 0.2) is 0 Å². The van der Waals surface area contributed by atoms with Gasteiger partial charge in [-0.15, -0.1) is 5.10 Å². The van der Waals surface area contributed by atoms with E-state index >= 15 is 0 Å². The van der Waals surface area contributed by atoms with E-state index in [-0.39, 0.29) is 0 Å². The highest BCUT2D eigenvalue weighted by Crippen LogP contribution is 2.12. The summed E-state index contributed by atoms with van der Waals surface area (Å²) in [7, 11) is 0. The van der Waals surface area contributed by atoms with Gasteiger partial charge >= 0.3 is 0 Å². The zero-order valence-corrected chi connectivity index (χ0v) is 9.28. The van der Waals surface area contributed by atoms with Crippen LogP contribution in [-0.4, -0.2) is 33.1 Å². The molecule has 1 saturated heterocycles. The van der Waals surface area contributed by atoms with Crippen molar-refractivity contribution in [1.82, 2.24) is 25.3 Å². The molecule has 0 unspecified atom stereocenters. The highest BCUT2D eigenvalue weighted by molar-refractivity contribution is 5.17. The Bertz CT molecular complexity index is 480. The average Bonchev–Trinajstić information content (AvgIpc) is 2.74. The van der Waals surface area contributed by atoms with Gasteiger partial charge in [-0.2, -0.15) is 0 Å². The van der Waals surface area contributed by atoms with Crippen LogP contribution in [0.2, 0.25) is 0 Å². The molecule has 1 N–H and O–H groups in total. The van der Waals surface area contributed by atoms with Crippen LogP contribution in [0.3, 0.4) is 0 Å². The lowest BCUT2D eigenvalue weighted by Crippen LogP contribution is -2.43. The number of hydrogen-bond donors (Lipinski definition) is 1. The lowest BCUT2D eigenvalue weighted by Gasteiger charge is -2.26. The summed E-state index contributed by atoms with van der Waals surface area (Å²) < 4.78 is 7.46. The molecule has 0 radical (unpaired) electrons. The van der Waals surface area contributed by atoms with E-state index in [9.17, 15) is 0 Å². The molecule has 17 heavy (non-hydrogen) atoms. The predicted molar refractivity (Wildman–Crippen MR) is 60.5 cm³/mol. The Kier molecular flexibility index (Phi) is 2.71. The van der Waals surface area contributed by atoms with Gasteiger partial charge < -0.3 is 10.1 Å². The standard InChI is InChI=1S/C11H13N5O/c1-3-12-4-2-11(1)17-8-9-7-16(15-14-9)10-5-13-6-10/h1-4,7,10,13H,5-6,8H2. The van der Waals surface area contributed by atoms with E-state index in [1.165, 1.54) is 0 Å². The maximum Gasteiger partial charge on any atom is 0.134 e. The molecule has 6 heteroatoms. The van der Waals surface area contributed by atoms with Crippen molar-refractivity contribution in [3.05, 3.63) is 36.4 Å². The predicted octanol–water partition coefficient (Wildman–Crippen LogP) is 0.396. The maximum absolute atomic E-state index is 5.57. The Morgan fingerprint density at radius 1 is 1.35 bits per heavy atom. The fraction of sp³-hybridized carbons (Fsp3) is 0.364. The molecule has 3 rings (SSSR count). The first-order valence-electron chi connectivity index (χ1n) is 5.56. The first-order chi connectivity index (χ1) is 8.42. The minimum absolute atomic E-state index is 0.435. The smallest absolute Gasteiger partial charge is 0.134 e. The molecular formula is C11H13N5O. The molecule has 6 nitrogen and oxygen atoms in total. The minimum Gasteiger partial charge on any atom is -0.487 e. The maximum atomic E-state index is 5.57. The second-order valence-corrected chi connectivity index (χ2v) is 3.97. The molecule has 1 fully saturated rings. The molecule has 1 aliphatic rings. The highest BCUT2D eigenvalue weighted by atomic mass is 16.5. The Balaban J connectivity index is 1.60. The Hall–Kier alpha value is -1.95. The van der Waals surface area contributed by atoms with E-state index in [0.717, 1.165) is 24.5 Å². The van der Waals surface area contributed by atoms with Gasteiger partial charge in [0, 0.05) is 25.5 Å². The van der Waals surface area contributed by atoms with Gasteiger partial charge in [0.2, 0.25) is 0 Å². The first kappa shape index (κ1) is 10.2. The Labute approximate surface area is 98.6 Å². The van der Waals surface area contributed by atoms with Crippen LogP contribution in [0.5, 0.6) is 5.75 Å². The lowest BCUT2D eigenvalue weighted by molar-refractivity contribution is 0.300. The number of nitrogens with one attached hydrogen (secondary N) is 1. The van der Waals surface area contributed by atoms with Crippen molar-refractivity contribution in [1.29, 1.82) is 0 Å². The highest BCUT2D eigenvalue weighted by Gasteiger charge is 2.19. The fourth-order valence-corrected chi connectivity index (χ4v) is 1.61. The van der Waals surface area contributed by atoms with Crippen molar-refractivity contribution in [2.45, 2.75) is 12.6 Å². The van der Waals surface area contributed by atoms with E-state index in [1.807, 2.05) is 23.0 Å². The van der Waals surface area contributed by atoms with E-state index in [1.54, 1.807) is 12.4 Å². The largest absolute Gasteiger partial charge is 0.487 e. The number of pyridine rings is 1. The van der Waals surface area contributed by atoms with Crippen molar-refractivity contribution in [3.8, 4) is 5.75 Å². The van der Waals surface area contributed by atoms with Gasteiger partial charge in [-0.1, -0.05) is 5.21 Å². The van der Waals surface area contributed by atoms with Crippen LogP contribution < -0.4 is 10.1 Å². The van der Waals surface area contributed by atoms with E-state index in [0.29, 0.717) is 12.6 Å². The van der Waals surface area contributed by atoms with Crippen LogP contribution in [0.25, 0.3) is 0 Å². The molecule has 3 heterocycles. The van der Waals surface area contributed by atoms with Crippen LogP contribution in [-0.2, 0) is 6.61 Å². The Morgan fingerprint density at radius 2 is 2.18 bits per heavy atom. The molecule has 2 aromatic heterocycles. The summed E-state index contributed by atoms with van der Waals surface area (Å²) in [6, 6.07) is 4.08. The molecule has 0 spiro atoms. The molecule has 0 amide bonds. The van der Waals surface area contributed by atoms with Gasteiger partial charge in [-0.3, -0.25) is 4.98 Å². The molecule has 88 valence electrons. The molecular weight excluding hydrogens is 218 g/mol. The second-order valence-electron chi connectivity index (χ2n) is 3.97. The van der Waals surface area contributed by atoms with Crippen LogP contribution in [0, 0.1) is 0 Å². The van der Waals surface area contributed by atoms with E-state index < -0.39 is 0 Å². The monoisotopic (exact) mass is 231 g/mol. The van der Waals surface area contributed by atoms with Crippen molar-refractivity contribution in [3.63, 3.8) is 0 Å². The number of aromatic nitrogens is 4. The lowest BCUT2D eigenvalue weighted by atomic mass is 10.2. The van der Waals surface area contributed by atoms with Gasteiger partial charge in [0.25, 0.3) is 0 Å². The summed E-state index contributed by atoms with van der Waals surface area (Å²) >= 11 is 0. The second kappa shape index (κ2) is 4.50. The zero-order chi connectivity index (χ0) is 11.5. The zero-order valence-electron chi connectivity index (χ0n) is 9.28. The third-order valence-electron chi connectivity index (χ3n) is 2.73. The van der Waals surface area contributed by atoms with Crippen LogP contribution in [0.1, 0.15) is 11.7 Å². The van der Waals surface area contributed by atoms with Crippen LogP contribution in [0.15, 0.2) is 30.7 Å². The molecule has 0 saturated carbocycles. The number of ether oxygens (including phenoxy) is 1. The van der Waals surface area contributed by atoms with Crippen molar-refractivity contribution in [2.75, 3.05) is 13.1 Å². The summed E-state index contributed by atoms with van der Waals surface area (Å²) in [4.78, 5) is 3.93. The molecule has 0 atom stereocenters. The van der Waals surface area contributed by atoms with Crippen molar-refractivity contribution < 1.29 is 4.74 Å². The summed E-state index contributed by atoms with van der Waals surface area (Å²) in [6.07, 6.45) is 5.34. The number of hydrogen-bond acceptors (Lipinski definition) is 5. The minimum atomic E-state index is 0.435. The fourth-order valence-electron chi connectivity index (χ4n) is 1.61.